The molecular weight excluding hydrogens is 376 g/mol. The first-order valence-electron chi connectivity index (χ1n) is 9.83. The van der Waals surface area contributed by atoms with Crippen molar-refractivity contribution in [2.45, 2.75) is 31.9 Å². The van der Waals surface area contributed by atoms with E-state index in [0.29, 0.717) is 24.7 Å². The maximum absolute atomic E-state index is 12.8. The van der Waals surface area contributed by atoms with Gasteiger partial charge in [-0.1, -0.05) is 0 Å². The molecule has 160 valence electrons. The van der Waals surface area contributed by atoms with E-state index in [-0.39, 0.29) is 49.9 Å². The van der Waals surface area contributed by atoms with Crippen LogP contribution in [0.3, 0.4) is 0 Å². The number of β-amino-alcohol motifs (C(OH)–C–C–N with tert-alkyl or cyclic N) is 1. The van der Waals surface area contributed by atoms with E-state index in [1.807, 2.05) is 18.2 Å². The molecule has 2 atom stereocenters. The standard InChI is InChI=1S/C21H30N2O6/c1-21(2,26)13-22-10-14-11-29-17-9-15(28-4)5-6-16(17)20(14)23(8-7-18(22)24)19(25)12-27-3/h5-6,9,14,20,26H,7-8,10-13H2,1-4H3/t14-,20-/m0/s1. The number of hydrogen-bond donors (Lipinski definition) is 1. The zero-order chi connectivity index (χ0) is 21.2. The Balaban J connectivity index is 1.99. The highest BCUT2D eigenvalue weighted by molar-refractivity contribution is 5.81. The van der Waals surface area contributed by atoms with Crippen molar-refractivity contribution in [3.63, 3.8) is 0 Å². The van der Waals surface area contributed by atoms with Gasteiger partial charge in [-0.3, -0.25) is 9.59 Å². The molecule has 2 aliphatic rings. The SMILES string of the molecule is COCC(=O)N1CCC(=O)N(CC(C)(C)O)C[C@H]2COc3cc(OC)ccc3[C@H]21. The molecule has 0 aliphatic carbocycles. The minimum Gasteiger partial charge on any atom is -0.497 e. The molecule has 0 unspecified atom stereocenters. The van der Waals surface area contributed by atoms with Crippen LogP contribution < -0.4 is 9.47 Å². The van der Waals surface area contributed by atoms with E-state index in [4.69, 9.17) is 14.2 Å². The molecule has 29 heavy (non-hydrogen) atoms. The van der Waals surface area contributed by atoms with Crippen LogP contribution in [0.15, 0.2) is 18.2 Å². The van der Waals surface area contributed by atoms with Crippen LogP contribution in [0.4, 0.5) is 0 Å². The van der Waals surface area contributed by atoms with Crippen LogP contribution in [-0.2, 0) is 14.3 Å². The van der Waals surface area contributed by atoms with Gasteiger partial charge in [0.2, 0.25) is 11.8 Å². The molecule has 1 saturated heterocycles. The first-order valence-corrected chi connectivity index (χ1v) is 9.83. The number of hydrogen-bond acceptors (Lipinski definition) is 6. The van der Waals surface area contributed by atoms with Crippen molar-refractivity contribution in [2.24, 2.45) is 5.92 Å². The van der Waals surface area contributed by atoms with E-state index in [9.17, 15) is 14.7 Å². The summed E-state index contributed by atoms with van der Waals surface area (Å²) in [5.41, 5.74) is -0.111. The number of benzene rings is 1. The Hall–Kier alpha value is -2.32. The first-order chi connectivity index (χ1) is 13.7. The Kier molecular flexibility index (Phi) is 6.33. The lowest BCUT2D eigenvalue weighted by atomic mass is 9.87. The zero-order valence-corrected chi connectivity index (χ0v) is 17.5. The Morgan fingerprint density at radius 3 is 2.76 bits per heavy atom. The van der Waals surface area contributed by atoms with Gasteiger partial charge < -0.3 is 29.1 Å². The fraction of sp³-hybridized carbons (Fsp3) is 0.619. The minimum atomic E-state index is -1.00. The van der Waals surface area contributed by atoms with Crippen molar-refractivity contribution in [3.05, 3.63) is 23.8 Å². The van der Waals surface area contributed by atoms with Crippen LogP contribution in [0.5, 0.6) is 11.5 Å². The van der Waals surface area contributed by atoms with E-state index in [1.54, 1.807) is 30.8 Å². The van der Waals surface area contributed by atoms with Gasteiger partial charge in [-0.25, -0.2) is 0 Å². The van der Waals surface area contributed by atoms with Gasteiger partial charge in [-0.15, -0.1) is 0 Å². The number of rotatable bonds is 5. The molecule has 3 rings (SSSR count). The quantitative estimate of drug-likeness (QED) is 0.791. The summed E-state index contributed by atoms with van der Waals surface area (Å²) >= 11 is 0. The number of methoxy groups -OCH3 is 2. The van der Waals surface area contributed by atoms with Crippen LogP contribution in [-0.4, -0.2) is 79.4 Å². The summed E-state index contributed by atoms with van der Waals surface area (Å²) < 4.78 is 16.4. The lowest BCUT2D eigenvalue weighted by Crippen LogP contribution is -2.53. The summed E-state index contributed by atoms with van der Waals surface area (Å²) in [6.45, 7) is 4.60. The molecule has 2 heterocycles. The molecule has 0 bridgehead atoms. The first kappa shape index (κ1) is 21.4. The van der Waals surface area contributed by atoms with Crippen molar-refractivity contribution < 1.29 is 28.9 Å². The predicted octanol–water partition coefficient (Wildman–Crippen LogP) is 1.22. The summed E-state index contributed by atoms with van der Waals surface area (Å²) in [6.07, 6.45) is 0.196. The predicted molar refractivity (Wildman–Crippen MR) is 106 cm³/mol. The van der Waals surface area contributed by atoms with E-state index in [1.165, 1.54) is 7.11 Å². The molecular formula is C21H30N2O6. The van der Waals surface area contributed by atoms with E-state index in [0.717, 1.165) is 5.56 Å². The summed E-state index contributed by atoms with van der Waals surface area (Å²) in [4.78, 5) is 29.0. The van der Waals surface area contributed by atoms with Crippen LogP contribution >= 0.6 is 0 Å². The second kappa shape index (κ2) is 8.59. The summed E-state index contributed by atoms with van der Waals surface area (Å²) in [6, 6.07) is 5.34. The highest BCUT2D eigenvalue weighted by Crippen LogP contribution is 2.42. The van der Waals surface area contributed by atoms with Gasteiger partial charge in [-0.2, -0.15) is 0 Å². The highest BCUT2D eigenvalue weighted by Gasteiger charge is 2.41. The monoisotopic (exact) mass is 406 g/mol. The van der Waals surface area contributed by atoms with E-state index in [2.05, 4.69) is 0 Å². The highest BCUT2D eigenvalue weighted by atomic mass is 16.5. The summed E-state index contributed by atoms with van der Waals surface area (Å²) in [7, 11) is 3.08. The number of carbonyl (C=O) groups excluding carboxylic acids is 2. The largest absolute Gasteiger partial charge is 0.497 e. The number of fused-ring (bicyclic) bond motifs is 3. The van der Waals surface area contributed by atoms with Crippen molar-refractivity contribution >= 4 is 11.8 Å². The number of aliphatic hydroxyl groups is 1. The number of amides is 2. The zero-order valence-electron chi connectivity index (χ0n) is 17.5. The smallest absolute Gasteiger partial charge is 0.249 e. The van der Waals surface area contributed by atoms with Gasteiger partial charge in [0.25, 0.3) is 0 Å². The molecule has 0 spiro atoms. The van der Waals surface area contributed by atoms with Crippen molar-refractivity contribution in [3.8, 4) is 11.5 Å². The third-order valence-electron chi connectivity index (χ3n) is 5.31. The summed E-state index contributed by atoms with van der Waals surface area (Å²) in [5, 5.41) is 10.3. The fourth-order valence-corrected chi connectivity index (χ4v) is 4.13. The van der Waals surface area contributed by atoms with Crippen LogP contribution in [0.1, 0.15) is 31.9 Å². The molecule has 0 radical (unpaired) electrons. The molecule has 1 aromatic rings. The molecule has 8 heteroatoms. The molecule has 0 saturated carbocycles. The Morgan fingerprint density at radius 1 is 1.34 bits per heavy atom. The molecule has 1 aromatic carbocycles. The fourth-order valence-electron chi connectivity index (χ4n) is 4.13. The topological polar surface area (TPSA) is 88.5 Å². The molecule has 1 fully saturated rings. The number of nitrogens with zero attached hydrogens (tertiary/aromatic N) is 2. The molecule has 0 aromatic heterocycles. The molecule has 8 nitrogen and oxygen atoms in total. The Labute approximate surface area is 171 Å². The van der Waals surface area contributed by atoms with Crippen LogP contribution in [0.25, 0.3) is 0 Å². The van der Waals surface area contributed by atoms with E-state index < -0.39 is 5.60 Å². The lowest BCUT2D eigenvalue weighted by molar-refractivity contribution is -0.146. The number of ether oxygens (including phenoxy) is 3. The van der Waals surface area contributed by atoms with Gasteiger partial charge in [0.05, 0.1) is 25.4 Å². The van der Waals surface area contributed by atoms with Gasteiger partial charge in [0.1, 0.15) is 18.1 Å². The molecule has 2 aliphatic heterocycles. The second-order valence-corrected chi connectivity index (χ2v) is 8.28. The average molecular weight is 406 g/mol. The van der Waals surface area contributed by atoms with Gasteiger partial charge in [0.15, 0.2) is 0 Å². The average Bonchev–Trinajstić information content (AvgIpc) is 2.66. The van der Waals surface area contributed by atoms with Crippen molar-refractivity contribution in [2.75, 3.05) is 47.1 Å². The van der Waals surface area contributed by atoms with Gasteiger partial charge in [0, 0.05) is 50.7 Å². The van der Waals surface area contributed by atoms with Gasteiger partial charge >= 0.3 is 0 Å². The lowest BCUT2D eigenvalue weighted by Gasteiger charge is -2.45. The Bertz CT molecular complexity index is 760. The molecule has 2 amide bonds. The van der Waals surface area contributed by atoms with E-state index >= 15 is 0 Å². The number of carbonyl (C=O) groups is 2. The minimum absolute atomic E-state index is 0.0445. The van der Waals surface area contributed by atoms with Crippen LogP contribution in [0, 0.1) is 5.92 Å². The third kappa shape index (κ3) is 4.82. The third-order valence-corrected chi connectivity index (χ3v) is 5.31. The second-order valence-electron chi connectivity index (χ2n) is 8.28. The summed E-state index contributed by atoms with van der Waals surface area (Å²) in [5.74, 6) is 1.00. The van der Waals surface area contributed by atoms with Crippen molar-refractivity contribution in [1.29, 1.82) is 0 Å². The van der Waals surface area contributed by atoms with Crippen molar-refractivity contribution in [1.82, 2.24) is 9.80 Å². The maximum atomic E-state index is 12.8. The Morgan fingerprint density at radius 2 is 2.10 bits per heavy atom. The van der Waals surface area contributed by atoms with Crippen LogP contribution in [0.2, 0.25) is 0 Å². The molecule has 1 N–H and O–H groups in total. The van der Waals surface area contributed by atoms with Gasteiger partial charge in [-0.05, 0) is 26.0 Å². The maximum Gasteiger partial charge on any atom is 0.249 e. The normalized spacial score (nSPS) is 22.2.